The van der Waals surface area contributed by atoms with Gasteiger partial charge in [-0.15, -0.1) is 0 Å². The molecular weight excluding hydrogens is 208 g/mol. The van der Waals surface area contributed by atoms with E-state index in [4.69, 9.17) is 0 Å². The van der Waals surface area contributed by atoms with E-state index in [2.05, 4.69) is 23.3 Å². The van der Waals surface area contributed by atoms with Crippen LogP contribution in [0.5, 0.6) is 0 Å². The molecule has 0 aromatic carbocycles. The van der Waals surface area contributed by atoms with E-state index >= 15 is 0 Å². The maximum absolute atomic E-state index is 4.17. The zero-order valence-electron chi connectivity index (χ0n) is 10.9. The molecule has 2 rings (SSSR count). The van der Waals surface area contributed by atoms with E-state index in [0.29, 0.717) is 6.04 Å². The van der Waals surface area contributed by atoms with Gasteiger partial charge in [-0.05, 0) is 49.8 Å². The Morgan fingerprint density at radius 1 is 1.41 bits per heavy atom. The van der Waals surface area contributed by atoms with Crippen molar-refractivity contribution in [1.29, 1.82) is 0 Å². The van der Waals surface area contributed by atoms with E-state index in [1.54, 1.807) is 0 Å². The fourth-order valence-corrected chi connectivity index (χ4v) is 2.37. The lowest BCUT2D eigenvalue weighted by Crippen LogP contribution is -2.29. The van der Waals surface area contributed by atoms with E-state index in [0.717, 1.165) is 18.9 Å². The van der Waals surface area contributed by atoms with Crippen molar-refractivity contribution < 1.29 is 0 Å². The van der Waals surface area contributed by atoms with Gasteiger partial charge < -0.3 is 5.32 Å². The molecule has 0 spiro atoms. The third-order valence-corrected chi connectivity index (χ3v) is 3.62. The average molecular weight is 232 g/mol. The first kappa shape index (κ1) is 12.6. The molecule has 1 aromatic heterocycles. The SMILES string of the molecule is CCNC(CCc1cccnc1)CCC1CC1. The summed E-state index contributed by atoms with van der Waals surface area (Å²) in [4.78, 5) is 4.17. The molecule has 0 radical (unpaired) electrons. The summed E-state index contributed by atoms with van der Waals surface area (Å²) >= 11 is 0. The number of aryl methyl sites for hydroxylation is 1. The molecule has 0 bridgehead atoms. The fourth-order valence-electron chi connectivity index (χ4n) is 2.37. The number of hydrogen-bond donors (Lipinski definition) is 1. The minimum atomic E-state index is 0.695. The first-order valence-corrected chi connectivity index (χ1v) is 7.00. The largest absolute Gasteiger partial charge is 0.314 e. The molecule has 1 saturated carbocycles. The predicted octanol–water partition coefficient (Wildman–Crippen LogP) is 3.18. The molecular formula is C15H24N2. The van der Waals surface area contributed by atoms with Gasteiger partial charge in [-0.2, -0.15) is 0 Å². The summed E-state index contributed by atoms with van der Waals surface area (Å²) in [5, 5.41) is 3.62. The van der Waals surface area contributed by atoms with Crippen LogP contribution >= 0.6 is 0 Å². The molecule has 1 aromatic rings. The summed E-state index contributed by atoms with van der Waals surface area (Å²) < 4.78 is 0. The lowest BCUT2D eigenvalue weighted by molar-refractivity contribution is 0.440. The van der Waals surface area contributed by atoms with E-state index in [1.807, 2.05) is 18.5 Å². The normalized spacial score (nSPS) is 17.0. The average Bonchev–Trinajstić information content (AvgIpc) is 3.18. The lowest BCUT2D eigenvalue weighted by atomic mass is 10.0. The summed E-state index contributed by atoms with van der Waals surface area (Å²) in [6.07, 6.45) is 11.9. The number of pyridine rings is 1. The van der Waals surface area contributed by atoms with Crippen LogP contribution in [0.2, 0.25) is 0 Å². The summed E-state index contributed by atoms with van der Waals surface area (Å²) in [6.45, 7) is 3.29. The minimum Gasteiger partial charge on any atom is -0.314 e. The van der Waals surface area contributed by atoms with E-state index in [-0.39, 0.29) is 0 Å². The van der Waals surface area contributed by atoms with Crippen molar-refractivity contribution in [1.82, 2.24) is 10.3 Å². The second-order valence-electron chi connectivity index (χ2n) is 5.18. The molecule has 0 aliphatic heterocycles. The van der Waals surface area contributed by atoms with Gasteiger partial charge in [0.15, 0.2) is 0 Å². The van der Waals surface area contributed by atoms with Gasteiger partial charge in [-0.25, -0.2) is 0 Å². The molecule has 1 N–H and O–H groups in total. The molecule has 17 heavy (non-hydrogen) atoms. The second-order valence-corrected chi connectivity index (χ2v) is 5.18. The zero-order chi connectivity index (χ0) is 11.9. The molecule has 1 heterocycles. The summed E-state index contributed by atoms with van der Waals surface area (Å²) in [5.74, 6) is 1.05. The Morgan fingerprint density at radius 3 is 2.94 bits per heavy atom. The first-order valence-electron chi connectivity index (χ1n) is 7.00. The van der Waals surface area contributed by atoms with Crippen molar-refractivity contribution in [2.75, 3.05) is 6.54 Å². The van der Waals surface area contributed by atoms with Crippen molar-refractivity contribution in [3.8, 4) is 0 Å². The van der Waals surface area contributed by atoms with Crippen LogP contribution in [0, 0.1) is 5.92 Å². The predicted molar refractivity (Wildman–Crippen MR) is 72.0 cm³/mol. The molecule has 1 fully saturated rings. The van der Waals surface area contributed by atoms with Crippen LogP contribution in [-0.4, -0.2) is 17.6 Å². The molecule has 1 aliphatic carbocycles. The lowest BCUT2D eigenvalue weighted by Gasteiger charge is -2.17. The summed E-state index contributed by atoms with van der Waals surface area (Å²) in [6, 6.07) is 4.90. The zero-order valence-corrected chi connectivity index (χ0v) is 10.9. The van der Waals surface area contributed by atoms with E-state index in [1.165, 1.54) is 37.7 Å². The van der Waals surface area contributed by atoms with Gasteiger partial charge in [-0.3, -0.25) is 4.98 Å². The Kier molecular flexibility index (Phi) is 4.99. The van der Waals surface area contributed by atoms with Crippen molar-refractivity contribution in [3.05, 3.63) is 30.1 Å². The van der Waals surface area contributed by atoms with Crippen LogP contribution in [0.4, 0.5) is 0 Å². The van der Waals surface area contributed by atoms with E-state index < -0.39 is 0 Å². The molecule has 1 aliphatic rings. The van der Waals surface area contributed by atoms with Crippen LogP contribution in [0.3, 0.4) is 0 Å². The highest BCUT2D eigenvalue weighted by Gasteiger charge is 2.22. The molecule has 0 saturated heterocycles. The Hall–Kier alpha value is -0.890. The number of aromatic nitrogens is 1. The Balaban J connectivity index is 1.71. The number of nitrogens with zero attached hydrogens (tertiary/aromatic N) is 1. The van der Waals surface area contributed by atoms with Crippen molar-refractivity contribution in [2.24, 2.45) is 5.92 Å². The minimum absolute atomic E-state index is 0.695. The fraction of sp³-hybridized carbons (Fsp3) is 0.667. The Bertz CT molecular complexity index is 306. The molecule has 0 amide bonds. The van der Waals surface area contributed by atoms with Gasteiger partial charge in [0.25, 0.3) is 0 Å². The van der Waals surface area contributed by atoms with Crippen molar-refractivity contribution in [3.63, 3.8) is 0 Å². The van der Waals surface area contributed by atoms with Gasteiger partial charge in [0.1, 0.15) is 0 Å². The molecule has 2 heteroatoms. The molecule has 2 nitrogen and oxygen atoms in total. The highest BCUT2D eigenvalue weighted by molar-refractivity contribution is 5.08. The third-order valence-electron chi connectivity index (χ3n) is 3.62. The maximum atomic E-state index is 4.17. The van der Waals surface area contributed by atoms with Gasteiger partial charge in [0.2, 0.25) is 0 Å². The quantitative estimate of drug-likeness (QED) is 0.744. The van der Waals surface area contributed by atoms with E-state index in [9.17, 15) is 0 Å². The monoisotopic (exact) mass is 232 g/mol. The van der Waals surface area contributed by atoms with Crippen molar-refractivity contribution >= 4 is 0 Å². The summed E-state index contributed by atoms with van der Waals surface area (Å²) in [7, 11) is 0. The number of rotatable bonds is 8. The number of hydrogen-bond acceptors (Lipinski definition) is 2. The molecule has 1 atom stereocenters. The standard InChI is InChI=1S/C15H24N2/c1-2-17-15(9-7-13-5-6-13)10-8-14-4-3-11-16-12-14/h3-4,11-13,15,17H,2,5-10H2,1H3. The Morgan fingerprint density at radius 2 is 2.29 bits per heavy atom. The van der Waals surface area contributed by atoms with Crippen molar-refractivity contribution in [2.45, 2.75) is 51.5 Å². The second kappa shape index (κ2) is 6.75. The topological polar surface area (TPSA) is 24.9 Å². The van der Waals surface area contributed by atoms with Gasteiger partial charge >= 0.3 is 0 Å². The molecule has 94 valence electrons. The highest BCUT2D eigenvalue weighted by atomic mass is 14.9. The summed E-state index contributed by atoms with van der Waals surface area (Å²) in [5.41, 5.74) is 1.36. The highest BCUT2D eigenvalue weighted by Crippen LogP contribution is 2.34. The van der Waals surface area contributed by atoms with Crippen LogP contribution in [0.15, 0.2) is 24.5 Å². The smallest absolute Gasteiger partial charge is 0.0299 e. The van der Waals surface area contributed by atoms with Gasteiger partial charge in [0, 0.05) is 18.4 Å². The van der Waals surface area contributed by atoms with Crippen LogP contribution in [0.25, 0.3) is 0 Å². The maximum Gasteiger partial charge on any atom is 0.0299 e. The van der Waals surface area contributed by atoms with Crippen LogP contribution < -0.4 is 5.32 Å². The Labute approximate surface area is 105 Å². The number of nitrogens with one attached hydrogen (secondary N) is 1. The van der Waals surface area contributed by atoms with Gasteiger partial charge in [0.05, 0.1) is 0 Å². The van der Waals surface area contributed by atoms with Crippen LogP contribution in [0.1, 0.15) is 44.6 Å². The molecule has 1 unspecified atom stereocenters. The third kappa shape index (κ3) is 4.86. The van der Waals surface area contributed by atoms with Gasteiger partial charge in [-0.1, -0.05) is 25.8 Å². The first-order chi connectivity index (χ1) is 8.38. The van der Waals surface area contributed by atoms with Crippen LogP contribution in [-0.2, 0) is 6.42 Å².